The van der Waals surface area contributed by atoms with Gasteiger partial charge in [0.15, 0.2) is 5.82 Å². The van der Waals surface area contributed by atoms with E-state index in [1.54, 1.807) is 24.3 Å². The lowest BCUT2D eigenvalue weighted by atomic mass is 10.2. The standard InChI is InChI=1S/C12H16N4O3S/c1-2-3-8-19-10-6-4-9(5-7-10)11-14-12(16-15-11)20(13,17)18/h4-7H,2-3,8H2,1H3,(H2,13,17,18)(H,14,15,16). The molecule has 20 heavy (non-hydrogen) atoms. The Balaban J connectivity index is 2.12. The van der Waals surface area contributed by atoms with Gasteiger partial charge in [-0.3, -0.25) is 0 Å². The van der Waals surface area contributed by atoms with Gasteiger partial charge >= 0.3 is 0 Å². The summed E-state index contributed by atoms with van der Waals surface area (Å²) in [5, 5.41) is 10.7. The van der Waals surface area contributed by atoms with Crippen LogP contribution >= 0.6 is 0 Å². The van der Waals surface area contributed by atoms with Crippen molar-refractivity contribution in [2.45, 2.75) is 24.9 Å². The number of benzene rings is 1. The number of hydrogen-bond donors (Lipinski definition) is 2. The van der Waals surface area contributed by atoms with Gasteiger partial charge in [-0.2, -0.15) is 10.1 Å². The number of sulfonamides is 1. The van der Waals surface area contributed by atoms with E-state index in [1.165, 1.54) is 0 Å². The second kappa shape index (κ2) is 6.02. The molecular formula is C12H16N4O3S. The van der Waals surface area contributed by atoms with Crippen LogP contribution in [0.25, 0.3) is 11.4 Å². The minimum atomic E-state index is -3.87. The topological polar surface area (TPSA) is 111 Å². The highest BCUT2D eigenvalue weighted by Gasteiger charge is 2.14. The van der Waals surface area contributed by atoms with E-state index in [0.29, 0.717) is 12.2 Å². The van der Waals surface area contributed by atoms with Gasteiger partial charge in [0.1, 0.15) is 5.75 Å². The Kier molecular flexibility index (Phi) is 4.35. The molecular weight excluding hydrogens is 280 g/mol. The SMILES string of the molecule is CCCCOc1ccc(-c2n[nH]c(S(N)(=O)=O)n2)cc1. The number of nitrogens with two attached hydrogens (primary N) is 1. The molecule has 0 aliphatic carbocycles. The van der Waals surface area contributed by atoms with Crippen molar-refractivity contribution >= 4 is 10.0 Å². The number of nitrogens with one attached hydrogen (secondary N) is 1. The van der Waals surface area contributed by atoms with E-state index in [9.17, 15) is 8.42 Å². The molecule has 0 amide bonds. The van der Waals surface area contributed by atoms with Crippen molar-refractivity contribution in [3.05, 3.63) is 24.3 Å². The zero-order chi connectivity index (χ0) is 14.6. The van der Waals surface area contributed by atoms with Crippen molar-refractivity contribution in [1.29, 1.82) is 0 Å². The van der Waals surface area contributed by atoms with Gasteiger partial charge in [-0.15, -0.1) is 0 Å². The highest BCUT2D eigenvalue weighted by molar-refractivity contribution is 7.89. The lowest BCUT2D eigenvalue weighted by Crippen LogP contribution is -2.13. The van der Waals surface area contributed by atoms with Crippen LogP contribution in [-0.2, 0) is 10.0 Å². The Morgan fingerprint density at radius 2 is 2.00 bits per heavy atom. The molecule has 0 atom stereocenters. The van der Waals surface area contributed by atoms with Crippen molar-refractivity contribution in [3.8, 4) is 17.1 Å². The zero-order valence-electron chi connectivity index (χ0n) is 11.0. The molecule has 108 valence electrons. The molecule has 3 N–H and O–H groups in total. The summed E-state index contributed by atoms with van der Waals surface area (Å²) in [5.74, 6) is 1.03. The first kappa shape index (κ1) is 14.5. The average Bonchev–Trinajstić information content (AvgIpc) is 2.89. The number of rotatable bonds is 6. The van der Waals surface area contributed by atoms with Crippen molar-refractivity contribution in [1.82, 2.24) is 15.2 Å². The van der Waals surface area contributed by atoms with Crippen molar-refractivity contribution in [2.24, 2.45) is 5.14 Å². The monoisotopic (exact) mass is 296 g/mol. The van der Waals surface area contributed by atoms with Crippen LogP contribution in [0.2, 0.25) is 0 Å². The third-order valence-corrected chi connectivity index (χ3v) is 3.34. The van der Waals surface area contributed by atoms with Crippen LogP contribution in [0.5, 0.6) is 5.75 Å². The highest BCUT2D eigenvalue weighted by Crippen LogP contribution is 2.20. The van der Waals surface area contributed by atoms with Crippen LogP contribution in [-0.4, -0.2) is 30.2 Å². The van der Waals surface area contributed by atoms with E-state index < -0.39 is 10.0 Å². The predicted molar refractivity (Wildman–Crippen MR) is 73.6 cm³/mol. The summed E-state index contributed by atoms with van der Waals surface area (Å²) in [5.41, 5.74) is 0.680. The number of H-pyrrole nitrogens is 1. The third kappa shape index (κ3) is 3.55. The summed E-state index contributed by atoms with van der Waals surface area (Å²) in [4.78, 5) is 3.84. The summed E-state index contributed by atoms with van der Waals surface area (Å²) in [6, 6.07) is 7.10. The summed E-state index contributed by atoms with van der Waals surface area (Å²) < 4.78 is 27.7. The minimum Gasteiger partial charge on any atom is -0.494 e. The molecule has 0 aliphatic heterocycles. The Labute approximate surface area is 117 Å². The number of ether oxygens (including phenoxy) is 1. The van der Waals surface area contributed by atoms with E-state index >= 15 is 0 Å². The van der Waals surface area contributed by atoms with Crippen LogP contribution in [0, 0.1) is 0 Å². The predicted octanol–water partition coefficient (Wildman–Crippen LogP) is 1.30. The van der Waals surface area contributed by atoms with Gasteiger partial charge in [0.25, 0.3) is 15.2 Å². The quantitative estimate of drug-likeness (QED) is 0.780. The lowest BCUT2D eigenvalue weighted by molar-refractivity contribution is 0.309. The second-order valence-corrected chi connectivity index (χ2v) is 5.71. The molecule has 0 radical (unpaired) electrons. The van der Waals surface area contributed by atoms with E-state index in [2.05, 4.69) is 22.1 Å². The van der Waals surface area contributed by atoms with Gasteiger partial charge in [-0.05, 0) is 30.7 Å². The summed E-state index contributed by atoms with van der Waals surface area (Å²) in [6.07, 6.45) is 2.08. The Morgan fingerprint density at radius 1 is 1.30 bits per heavy atom. The highest BCUT2D eigenvalue weighted by atomic mass is 32.2. The third-order valence-electron chi connectivity index (χ3n) is 2.61. The maximum Gasteiger partial charge on any atom is 0.273 e. The number of hydrogen-bond acceptors (Lipinski definition) is 5. The Hall–Kier alpha value is -1.93. The molecule has 1 aromatic heterocycles. The molecule has 2 rings (SSSR count). The van der Waals surface area contributed by atoms with Gasteiger partial charge in [-0.1, -0.05) is 13.3 Å². The van der Waals surface area contributed by atoms with Gasteiger partial charge in [0.05, 0.1) is 6.61 Å². The first-order chi connectivity index (χ1) is 9.50. The summed E-state index contributed by atoms with van der Waals surface area (Å²) in [6.45, 7) is 2.77. The zero-order valence-corrected chi connectivity index (χ0v) is 11.9. The smallest absolute Gasteiger partial charge is 0.273 e. The Bertz CT molecular complexity index is 664. The largest absolute Gasteiger partial charge is 0.494 e. The number of aromatic amines is 1. The molecule has 0 aliphatic rings. The van der Waals surface area contributed by atoms with Crippen molar-refractivity contribution in [3.63, 3.8) is 0 Å². The lowest BCUT2D eigenvalue weighted by Gasteiger charge is -2.05. The van der Waals surface area contributed by atoms with Crippen LogP contribution < -0.4 is 9.88 Å². The van der Waals surface area contributed by atoms with Crippen LogP contribution in [0.15, 0.2) is 29.4 Å². The molecule has 1 heterocycles. The molecule has 0 spiro atoms. The first-order valence-electron chi connectivity index (χ1n) is 6.19. The molecule has 7 nitrogen and oxygen atoms in total. The first-order valence-corrected chi connectivity index (χ1v) is 7.74. The number of unbranched alkanes of at least 4 members (excludes halogenated alkanes) is 1. The van der Waals surface area contributed by atoms with Crippen LogP contribution in [0.4, 0.5) is 0 Å². The van der Waals surface area contributed by atoms with Gasteiger partial charge < -0.3 is 4.74 Å². The molecule has 0 saturated heterocycles. The summed E-state index contributed by atoms with van der Waals surface area (Å²) in [7, 11) is -3.87. The van der Waals surface area contributed by atoms with E-state index in [1.807, 2.05) is 0 Å². The van der Waals surface area contributed by atoms with Gasteiger partial charge in [0, 0.05) is 5.56 Å². The molecule has 2 aromatic rings. The maximum atomic E-state index is 11.1. The molecule has 8 heteroatoms. The van der Waals surface area contributed by atoms with Gasteiger partial charge in [-0.25, -0.2) is 18.7 Å². The van der Waals surface area contributed by atoms with E-state index in [-0.39, 0.29) is 11.0 Å². The van der Waals surface area contributed by atoms with Crippen LogP contribution in [0.1, 0.15) is 19.8 Å². The van der Waals surface area contributed by atoms with Crippen molar-refractivity contribution < 1.29 is 13.2 Å². The van der Waals surface area contributed by atoms with Crippen LogP contribution in [0.3, 0.4) is 0 Å². The van der Waals surface area contributed by atoms with E-state index in [0.717, 1.165) is 18.6 Å². The Morgan fingerprint density at radius 3 is 2.55 bits per heavy atom. The van der Waals surface area contributed by atoms with E-state index in [4.69, 9.17) is 9.88 Å². The molecule has 0 unspecified atom stereocenters. The fourth-order valence-electron chi connectivity index (χ4n) is 1.54. The summed E-state index contributed by atoms with van der Waals surface area (Å²) >= 11 is 0. The molecule has 0 saturated carbocycles. The average molecular weight is 296 g/mol. The normalized spacial score (nSPS) is 11.5. The van der Waals surface area contributed by atoms with Crippen molar-refractivity contribution in [2.75, 3.05) is 6.61 Å². The molecule has 0 bridgehead atoms. The second-order valence-electron chi connectivity index (χ2n) is 4.24. The fourth-order valence-corrected chi connectivity index (χ4v) is 1.92. The fraction of sp³-hybridized carbons (Fsp3) is 0.333. The molecule has 1 aromatic carbocycles. The maximum absolute atomic E-state index is 11.1. The number of aromatic nitrogens is 3. The number of nitrogens with zero attached hydrogens (tertiary/aromatic N) is 2. The van der Waals surface area contributed by atoms with Gasteiger partial charge in [0.2, 0.25) is 0 Å². The molecule has 0 fully saturated rings. The minimum absolute atomic E-state index is 0.272. The number of primary sulfonamides is 1.